The van der Waals surface area contributed by atoms with Crippen LogP contribution in [0.2, 0.25) is 0 Å². The Kier molecular flexibility index (Phi) is 8.32. The Hall–Kier alpha value is -0.640. The highest BCUT2D eigenvalue weighted by atomic mass is 127. The van der Waals surface area contributed by atoms with E-state index < -0.39 is 70.5 Å². The van der Waals surface area contributed by atoms with Gasteiger partial charge in [0, 0.05) is 10.3 Å². The molecule has 0 fully saturated rings. The van der Waals surface area contributed by atoms with Crippen LogP contribution in [0.25, 0.3) is 0 Å². The molecule has 21 heteroatoms. The fourth-order valence-corrected chi connectivity index (χ4v) is 2.58. The molecule has 1 N–H and O–H groups in total. The minimum Gasteiger partial charge on any atom is -0.395 e. The monoisotopic (exact) mass is 654 g/mol. The summed E-state index contributed by atoms with van der Waals surface area (Å²) in [6.45, 7) is -1.57. The van der Waals surface area contributed by atoms with Gasteiger partial charge in [-0.2, -0.15) is 79.0 Å². The van der Waals surface area contributed by atoms with Crippen molar-refractivity contribution in [2.24, 2.45) is 0 Å². The van der Waals surface area contributed by atoms with Crippen molar-refractivity contribution in [3.63, 3.8) is 0 Å². The molecule has 33 heavy (non-hydrogen) atoms. The van der Waals surface area contributed by atoms with Crippen molar-refractivity contribution in [3.05, 3.63) is 0 Å². The molecular formula is C12H6F19IO. The van der Waals surface area contributed by atoms with Gasteiger partial charge in [-0.25, -0.2) is 4.39 Å². The average Bonchev–Trinajstić information content (AvgIpc) is 2.57. The van der Waals surface area contributed by atoms with Crippen LogP contribution >= 0.6 is 22.6 Å². The van der Waals surface area contributed by atoms with Gasteiger partial charge >= 0.3 is 53.6 Å². The molecule has 0 aromatic heterocycles. The van der Waals surface area contributed by atoms with E-state index >= 15 is 0 Å². The standard InChI is InChI=1S/C12H6F19IO/c13-4(14,1-3(32)2-33)6(16,17)8(20,21)10(24,25)9(22,23)7(18,19)5(15,11(26,27)28)12(29,30)31/h3,33H,1-2H2/t3-/m0/s1. The molecule has 0 aromatic carbocycles. The van der Waals surface area contributed by atoms with Crippen molar-refractivity contribution in [2.45, 2.75) is 63.9 Å². The van der Waals surface area contributed by atoms with E-state index in [1.165, 1.54) is 0 Å². The first kappa shape index (κ1) is 32.4. The van der Waals surface area contributed by atoms with E-state index in [0.29, 0.717) is 22.6 Å². The van der Waals surface area contributed by atoms with Gasteiger partial charge in [-0.15, -0.1) is 0 Å². The average molecular weight is 654 g/mol. The van der Waals surface area contributed by atoms with E-state index in [-0.39, 0.29) is 0 Å². The zero-order chi connectivity index (χ0) is 27.5. The molecular weight excluding hydrogens is 648 g/mol. The maximum Gasteiger partial charge on any atom is 0.438 e. The third-order valence-electron chi connectivity index (χ3n) is 3.93. The summed E-state index contributed by atoms with van der Waals surface area (Å²) in [6.07, 6.45) is -19.3. The number of halogens is 20. The van der Waals surface area contributed by atoms with Crippen LogP contribution in [0.5, 0.6) is 0 Å². The van der Waals surface area contributed by atoms with Crippen molar-refractivity contribution in [1.29, 1.82) is 0 Å². The molecule has 0 saturated heterocycles. The highest BCUT2D eigenvalue weighted by Gasteiger charge is 2.98. The number of hydrogen-bond acceptors (Lipinski definition) is 1. The molecule has 0 radical (unpaired) electrons. The molecule has 0 aromatic rings. The molecule has 0 aliphatic heterocycles. The van der Waals surface area contributed by atoms with Crippen molar-refractivity contribution in [1.82, 2.24) is 0 Å². The number of aliphatic hydroxyl groups is 1. The molecule has 0 spiro atoms. The van der Waals surface area contributed by atoms with Crippen molar-refractivity contribution in [2.75, 3.05) is 6.61 Å². The smallest absolute Gasteiger partial charge is 0.395 e. The zero-order valence-corrected chi connectivity index (χ0v) is 16.7. The SMILES string of the molecule is OC[C@@H](I)CC(F)(F)C(F)(F)C(F)(F)C(F)(F)C(F)(F)C(F)(F)C(F)(C(F)(F)F)C(F)(F)F. The predicted molar refractivity (Wildman–Crippen MR) is 75.1 cm³/mol. The van der Waals surface area contributed by atoms with Gasteiger partial charge in [0.25, 0.3) is 0 Å². The van der Waals surface area contributed by atoms with Gasteiger partial charge in [-0.1, -0.05) is 22.6 Å². The van der Waals surface area contributed by atoms with Gasteiger partial charge in [0.1, 0.15) is 0 Å². The van der Waals surface area contributed by atoms with Gasteiger partial charge in [0.05, 0.1) is 6.61 Å². The number of rotatable bonds is 9. The maximum absolute atomic E-state index is 13.5. The fraction of sp³-hybridized carbons (Fsp3) is 1.00. The third kappa shape index (κ3) is 4.40. The summed E-state index contributed by atoms with van der Waals surface area (Å²) in [5.74, 6) is -49.8. The van der Waals surface area contributed by atoms with Crippen LogP contribution < -0.4 is 0 Å². The van der Waals surface area contributed by atoms with Crippen LogP contribution in [0.1, 0.15) is 6.42 Å². The lowest BCUT2D eigenvalue weighted by Crippen LogP contribution is -2.77. The Balaban J connectivity index is 7.00. The number of alkyl halides is 20. The van der Waals surface area contributed by atoms with E-state index in [2.05, 4.69) is 0 Å². The van der Waals surface area contributed by atoms with Crippen LogP contribution in [0.15, 0.2) is 0 Å². The summed E-state index contributed by atoms with van der Waals surface area (Å²) in [6, 6.07) is 0. The van der Waals surface area contributed by atoms with Gasteiger partial charge in [0.15, 0.2) is 0 Å². The first-order chi connectivity index (χ1) is 14.0. The molecule has 0 rings (SSSR count). The summed E-state index contributed by atoms with van der Waals surface area (Å²) in [5, 5.41) is 8.41. The summed E-state index contributed by atoms with van der Waals surface area (Å²) in [4.78, 5) is 0. The largest absolute Gasteiger partial charge is 0.438 e. The molecule has 0 aliphatic rings. The van der Waals surface area contributed by atoms with Gasteiger partial charge in [0.2, 0.25) is 0 Å². The van der Waals surface area contributed by atoms with E-state index in [1.54, 1.807) is 0 Å². The summed E-state index contributed by atoms with van der Waals surface area (Å²) in [7, 11) is 0. The summed E-state index contributed by atoms with van der Waals surface area (Å²) < 4.78 is 246. The zero-order valence-electron chi connectivity index (χ0n) is 14.5. The first-order valence-electron chi connectivity index (χ1n) is 7.30. The molecule has 0 bridgehead atoms. The Morgan fingerprint density at radius 3 is 1.03 bits per heavy atom. The summed E-state index contributed by atoms with van der Waals surface area (Å²) >= 11 is 0.613. The molecule has 200 valence electrons. The van der Waals surface area contributed by atoms with Gasteiger partial charge in [-0.05, 0) is 0 Å². The Morgan fingerprint density at radius 1 is 0.485 bits per heavy atom. The predicted octanol–water partition coefficient (Wildman–Crippen LogP) is 6.82. The minimum absolute atomic E-state index is 0.613. The van der Waals surface area contributed by atoms with Crippen LogP contribution in [0.3, 0.4) is 0 Å². The Labute approximate surface area is 182 Å². The quantitative estimate of drug-likeness (QED) is 0.165. The van der Waals surface area contributed by atoms with E-state index in [9.17, 15) is 83.4 Å². The highest BCUT2D eigenvalue weighted by Crippen LogP contribution is 2.66. The summed E-state index contributed by atoms with van der Waals surface area (Å²) in [5.41, 5.74) is -8.74. The second kappa shape index (κ2) is 8.49. The molecule has 1 atom stereocenters. The Bertz CT molecular complexity index is 678. The molecule has 0 heterocycles. The number of aliphatic hydroxyl groups excluding tert-OH is 1. The number of hydrogen-bond donors (Lipinski definition) is 1. The van der Waals surface area contributed by atoms with E-state index in [4.69, 9.17) is 5.11 Å². The minimum atomic E-state index is -9.01. The fourth-order valence-electron chi connectivity index (χ4n) is 2.03. The van der Waals surface area contributed by atoms with Gasteiger partial charge < -0.3 is 5.11 Å². The molecule has 0 amide bonds. The Morgan fingerprint density at radius 2 is 0.758 bits per heavy atom. The van der Waals surface area contributed by atoms with E-state index in [0.717, 1.165) is 0 Å². The van der Waals surface area contributed by atoms with Crippen LogP contribution in [-0.4, -0.2) is 69.2 Å². The lowest BCUT2D eigenvalue weighted by atomic mass is 9.83. The molecule has 0 unspecified atom stereocenters. The van der Waals surface area contributed by atoms with Crippen LogP contribution in [0.4, 0.5) is 83.4 Å². The second-order valence-corrected chi connectivity index (χ2v) is 7.98. The topological polar surface area (TPSA) is 20.2 Å². The molecule has 1 nitrogen and oxygen atoms in total. The third-order valence-corrected chi connectivity index (χ3v) is 4.76. The van der Waals surface area contributed by atoms with Gasteiger partial charge in [-0.3, -0.25) is 0 Å². The van der Waals surface area contributed by atoms with E-state index in [1.807, 2.05) is 0 Å². The molecule has 0 saturated carbocycles. The maximum atomic E-state index is 13.5. The van der Waals surface area contributed by atoms with Crippen molar-refractivity contribution in [3.8, 4) is 0 Å². The second-order valence-electron chi connectivity index (χ2n) is 6.21. The first-order valence-corrected chi connectivity index (χ1v) is 8.54. The van der Waals surface area contributed by atoms with Crippen molar-refractivity contribution >= 4 is 22.6 Å². The van der Waals surface area contributed by atoms with Crippen LogP contribution in [0, 0.1) is 0 Å². The molecule has 0 aliphatic carbocycles. The van der Waals surface area contributed by atoms with Crippen molar-refractivity contribution < 1.29 is 88.5 Å². The highest BCUT2D eigenvalue weighted by molar-refractivity contribution is 14.1. The lowest BCUT2D eigenvalue weighted by molar-refractivity contribution is -0.472. The normalized spacial score (nSPS) is 17.4. The van der Waals surface area contributed by atoms with Crippen LogP contribution in [-0.2, 0) is 0 Å². The lowest BCUT2D eigenvalue weighted by Gasteiger charge is -2.45.